The van der Waals surface area contributed by atoms with Gasteiger partial charge in [0.1, 0.15) is 5.69 Å². The van der Waals surface area contributed by atoms with Crippen LogP contribution in [0.2, 0.25) is 0 Å². The van der Waals surface area contributed by atoms with E-state index < -0.39 is 0 Å². The lowest BCUT2D eigenvalue weighted by atomic mass is 10.2. The van der Waals surface area contributed by atoms with Crippen LogP contribution < -0.4 is 5.84 Å². The van der Waals surface area contributed by atoms with Gasteiger partial charge in [-0.2, -0.15) is 5.10 Å². The first kappa shape index (κ1) is 12.3. The quantitative estimate of drug-likeness (QED) is 0.502. The van der Waals surface area contributed by atoms with Gasteiger partial charge in [-0.3, -0.25) is 5.10 Å². The normalized spacial score (nSPS) is 13.7. The summed E-state index contributed by atoms with van der Waals surface area (Å²) in [4.78, 5) is 0. The average molecular weight is 276 g/mol. The molecule has 1 aliphatic rings. The number of aromatic amines is 1. The summed E-state index contributed by atoms with van der Waals surface area (Å²) in [6.45, 7) is 5.85. The lowest BCUT2D eigenvalue weighted by Gasteiger charge is -2.02. The number of H-pyrrole nitrogens is 1. The average Bonchev–Trinajstić information content (AvgIpc) is 3.02. The van der Waals surface area contributed by atoms with Gasteiger partial charge in [-0.1, -0.05) is 23.9 Å². The van der Waals surface area contributed by atoms with E-state index in [4.69, 9.17) is 5.84 Å². The largest absolute Gasteiger partial charge is 0.335 e. The molecule has 2 aromatic rings. The second-order valence-electron chi connectivity index (χ2n) is 4.80. The summed E-state index contributed by atoms with van der Waals surface area (Å²) in [7, 11) is 0. The summed E-state index contributed by atoms with van der Waals surface area (Å²) in [5.74, 6) is 7.48. The van der Waals surface area contributed by atoms with Gasteiger partial charge >= 0.3 is 0 Å². The molecule has 6 nitrogen and oxygen atoms in total. The highest BCUT2D eigenvalue weighted by molar-refractivity contribution is 7.99. The first-order chi connectivity index (χ1) is 9.16. The molecule has 0 bridgehead atoms. The van der Waals surface area contributed by atoms with Crippen LogP contribution in [-0.4, -0.2) is 30.8 Å². The minimum Gasteiger partial charge on any atom is -0.335 e. The van der Waals surface area contributed by atoms with Crippen LogP contribution in [0.25, 0.3) is 11.5 Å². The van der Waals surface area contributed by atoms with E-state index in [1.807, 2.05) is 6.92 Å². The van der Waals surface area contributed by atoms with Gasteiger partial charge in [-0.05, 0) is 26.2 Å². The molecule has 0 aliphatic heterocycles. The zero-order valence-electron chi connectivity index (χ0n) is 10.8. The molecule has 0 fully saturated rings. The van der Waals surface area contributed by atoms with Gasteiger partial charge in [0.25, 0.3) is 0 Å². The third-order valence-corrected chi connectivity index (χ3v) is 4.30. The number of fused-ring (bicyclic) bond motifs is 1. The molecular weight excluding hydrogens is 260 g/mol. The number of thioether (sulfide) groups is 1. The highest BCUT2D eigenvalue weighted by atomic mass is 32.2. The molecule has 0 saturated heterocycles. The Labute approximate surface area is 115 Å². The second-order valence-corrected chi connectivity index (χ2v) is 5.75. The van der Waals surface area contributed by atoms with Crippen molar-refractivity contribution in [3.05, 3.63) is 23.4 Å². The Morgan fingerprint density at radius 3 is 3.11 bits per heavy atom. The maximum absolute atomic E-state index is 6.06. The van der Waals surface area contributed by atoms with Crippen molar-refractivity contribution >= 4 is 11.8 Å². The maximum atomic E-state index is 6.06. The van der Waals surface area contributed by atoms with Gasteiger partial charge < -0.3 is 5.84 Å². The fraction of sp³-hybridized carbons (Fsp3) is 0.417. The molecule has 2 heterocycles. The van der Waals surface area contributed by atoms with E-state index in [0.717, 1.165) is 36.3 Å². The molecule has 0 atom stereocenters. The molecule has 0 unspecified atom stereocenters. The SMILES string of the molecule is C=C(C)CSc1nnc(-c2n[nH]c3c2CCC3)n1N. The van der Waals surface area contributed by atoms with E-state index in [2.05, 4.69) is 27.0 Å². The molecule has 1 aliphatic carbocycles. The Kier molecular flexibility index (Phi) is 3.06. The second kappa shape index (κ2) is 4.73. The van der Waals surface area contributed by atoms with Crippen LogP contribution in [-0.2, 0) is 12.8 Å². The van der Waals surface area contributed by atoms with Gasteiger partial charge in [-0.15, -0.1) is 10.2 Å². The van der Waals surface area contributed by atoms with Gasteiger partial charge in [-0.25, -0.2) is 4.68 Å². The van der Waals surface area contributed by atoms with Crippen molar-refractivity contribution in [2.24, 2.45) is 0 Å². The first-order valence-electron chi connectivity index (χ1n) is 6.21. The Morgan fingerprint density at radius 2 is 2.32 bits per heavy atom. The molecule has 0 saturated carbocycles. The fourth-order valence-corrected chi connectivity index (χ4v) is 2.93. The number of nitrogen functional groups attached to an aromatic ring is 1. The van der Waals surface area contributed by atoms with E-state index in [0.29, 0.717) is 11.0 Å². The van der Waals surface area contributed by atoms with E-state index in [1.165, 1.54) is 27.7 Å². The Hall–Kier alpha value is -1.76. The Bertz CT molecular complexity index is 626. The highest BCUT2D eigenvalue weighted by Gasteiger charge is 2.23. The van der Waals surface area contributed by atoms with Crippen LogP contribution in [0.1, 0.15) is 24.6 Å². The smallest absolute Gasteiger partial charge is 0.210 e. The number of nitrogens with two attached hydrogens (primary N) is 1. The molecule has 100 valence electrons. The molecule has 19 heavy (non-hydrogen) atoms. The van der Waals surface area contributed by atoms with Crippen molar-refractivity contribution in [3.63, 3.8) is 0 Å². The molecule has 3 rings (SSSR count). The summed E-state index contributed by atoms with van der Waals surface area (Å²) >= 11 is 1.53. The van der Waals surface area contributed by atoms with Crippen molar-refractivity contribution < 1.29 is 0 Å². The van der Waals surface area contributed by atoms with E-state index >= 15 is 0 Å². The predicted molar refractivity (Wildman–Crippen MR) is 75.3 cm³/mol. The molecular formula is C12H16N6S. The van der Waals surface area contributed by atoms with Crippen molar-refractivity contribution in [1.29, 1.82) is 0 Å². The first-order valence-corrected chi connectivity index (χ1v) is 7.19. The topological polar surface area (TPSA) is 85.4 Å². The number of nitrogens with one attached hydrogen (secondary N) is 1. The van der Waals surface area contributed by atoms with Gasteiger partial charge in [0.05, 0.1) is 0 Å². The highest BCUT2D eigenvalue weighted by Crippen LogP contribution is 2.30. The molecule has 2 aromatic heterocycles. The lowest BCUT2D eigenvalue weighted by molar-refractivity contribution is 0.840. The molecule has 7 heteroatoms. The summed E-state index contributed by atoms with van der Waals surface area (Å²) in [6, 6.07) is 0. The van der Waals surface area contributed by atoms with Crippen LogP contribution in [0, 0.1) is 0 Å². The van der Waals surface area contributed by atoms with E-state index in [1.54, 1.807) is 0 Å². The number of nitrogens with zero attached hydrogens (tertiary/aromatic N) is 4. The number of aryl methyl sites for hydroxylation is 1. The van der Waals surface area contributed by atoms with Crippen LogP contribution in [0.15, 0.2) is 17.3 Å². The lowest BCUT2D eigenvalue weighted by Crippen LogP contribution is -2.12. The summed E-state index contributed by atoms with van der Waals surface area (Å²) < 4.78 is 1.52. The minimum atomic E-state index is 0.628. The van der Waals surface area contributed by atoms with Crippen molar-refractivity contribution in [2.75, 3.05) is 11.6 Å². The van der Waals surface area contributed by atoms with Crippen molar-refractivity contribution in [2.45, 2.75) is 31.3 Å². The van der Waals surface area contributed by atoms with Gasteiger partial charge in [0, 0.05) is 17.0 Å². The summed E-state index contributed by atoms with van der Waals surface area (Å²) in [6.07, 6.45) is 3.24. The molecule has 3 N–H and O–H groups in total. The number of hydrogen-bond acceptors (Lipinski definition) is 5. The number of rotatable bonds is 4. The zero-order valence-corrected chi connectivity index (χ0v) is 11.6. The number of aromatic nitrogens is 5. The van der Waals surface area contributed by atoms with Crippen LogP contribution in [0.3, 0.4) is 0 Å². The standard InChI is InChI=1S/C12H16N6S/c1-7(2)6-19-12-17-16-11(18(12)13)10-8-4-3-5-9(8)14-15-10/h1,3-6,13H2,2H3,(H,14,15). The molecule has 0 aromatic carbocycles. The van der Waals surface area contributed by atoms with E-state index in [9.17, 15) is 0 Å². The predicted octanol–water partition coefficient (Wildman–Crippen LogP) is 1.54. The monoisotopic (exact) mass is 276 g/mol. The summed E-state index contributed by atoms with van der Waals surface area (Å²) in [5.41, 5.74) is 4.35. The third kappa shape index (κ3) is 2.14. The van der Waals surface area contributed by atoms with Crippen molar-refractivity contribution in [3.8, 4) is 11.5 Å². The van der Waals surface area contributed by atoms with Crippen LogP contribution >= 0.6 is 11.8 Å². The molecule has 0 spiro atoms. The van der Waals surface area contributed by atoms with Gasteiger partial charge in [0.15, 0.2) is 0 Å². The third-order valence-electron chi connectivity index (χ3n) is 3.13. The van der Waals surface area contributed by atoms with Crippen LogP contribution in [0.5, 0.6) is 0 Å². The van der Waals surface area contributed by atoms with E-state index in [-0.39, 0.29) is 0 Å². The zero-order chi connectivity index (χ0) is 13.4. The van der Waals surface area contributed by atoms with Gasteiger partial charge in [0.2, 0.25) is 11.0 Å². The number of hydrogen-bond donors (Lipinski definition) is 2. The Balaban J connectivity index is 1.91. The van der Waals surface area contributed by atoms with Crippen LogP contribution in [0.4, 0.5) is 0 Å². The Morgan fingerprint density at radius 1 is 1.47 bits per heavy atom. The molecule has 0 radical (unpaired) electrons. The minimum absolute atomic E-state index is 0.628. The fourth-order valence-electron chi connectivity index (χ4n) is 2.23. The molecule has 0 amide bonds. The van der Waals surface area contributed by atoms with Crippen molar-refractivity contribution in [1.82, 2.24) is 25.1 Å². The summed E-state index contributed by atoms with van der Waals surface area (Å²) in [5, 5.41) is 16.4. The maximum Gasteiger partial charge on any atom is 0.210 e.